The maximum Gasteiger partial charge on any atom is 0.222 e. The van der Waals surface area contributed by atoms with Crippen LogP contribution >= 0.6 is 0 Å². The van der Waals surface area contributed by atoms with Crippen LogP contribution in [0.2, 0.25) is 0 Å². The summed E-state index contributed by atoms with van der Waals surface area (Å²) in [6, 6.07) is 0.574. The van der Waals surface area contributed by atoms with E-state index in [1.165, 1.54) is 12.8 Å². The Bertz CT molecular complexity index is 235. The number of hydrogen-bond donors (Lipinski definition) is 2. The van der Waals surface area contributed by atoms with Gasteiger partial charge in [-0.15, -0.1) is 0 Å². The van der Waals surface area contributed by atoms with Gasteiger partial charge in [0.1, 0.15) is 0 Å². The van der Waals surface area contributed by atoms with Crippen LogP contribution in [0.4, 0.5) is 0 Å². The fraction of sp³-hybridized carbons (Fsp3) is 0.938. The largest absolute Gasteiger partial charge is 0.396 e. The van der Waals surface area contributed by atoms with Crippen LogP contribution in [0, 0.1) is 0 Å². The Labute approximate surface area is 124 Å². The van der Waals surface area contributed by atoms with Gasteiger partial charge in [0.05, 0.1) is 0 Å². The predicted octanol–water partition coefficient (Wildman–Crippen LogP) is 2.56. The highest BCUT2D eigenvalue weighted by atomic mass is 16.3. The van der Waals surface area contributed by atoms with Crippen LogP contribution in [-0.4, -0.2) is 48.2 Å². The van der Waals surface area contributed by atoms with Crippen LogP contribution in [0.3, 0.4) is 0 Å². The smallest absolute Gasteiger partial charge is 0.222 e. The molecule has 0 fully saturated rings. The average Bonchev–Trinajstić information content (AvgIpc) is 2.45. The molecule has 0 saturated carbocycles. The quantitative estimate of drug-likeness (QED) is 0.512. The second-order valence-corrected chi connectivity index (χ2v) is 5.51. The summed E-state index contributed by atoms with van der Waals surface area (Å²) in [6.07, 6.45) is 6.69. The number of nitrogens with one attached hydrogen (secondary N) is 1. The predicted molar refractivity (Wildman–Crippen MR) is 84.8 cm³/mol. The molecule has 0 spiro atoms. The molecule has 1 amide bonds. The molecule has 0 bridgehead atoms. The number of nitrogens with zero attached hydrogens (tertiary/aromatic N) is 1. The summed E-state index contributed by atoms with van der Waals surface area (Å²) < 4.78 is 0. The van der Waals surface area contributed by atoms with Gasteiger partial charge in [0.2, 0.25) is 5.91 Å². The average molecular weight is 286 g/mol. The molecule has 0 radical (unpaired) electrons. The van der Waals surface area contributed by atoms with E-state index in [2.05, 4.69) is 19.2 Å². The molecule has 0 aromatic carbocycles. The third-order valence-electron chi connectivity index (χ3n) is 3.59. The van der Waals surface area contributed by atoms with Gasteiger partial charge in [-0.1, -0.05) is 13.3 Å². The molecule has 4 heteroatoms. The third-order valence-corrected chi connectivity index (χ3v) is 3.59. The van der Waals surface area contributed by atoms with Gasteiger partial charge in [0.25, 0.3) is 0 Å². The van der Waals surface area contributed by atoms with Crippen molar-refractivity contribution >= 4 is 5.91 Å². The molecule has 1 atom stereocenters. The molecule has 0 heterocycles. The van der Waals surface area contributed by atoms with Gasteiger partial charge >= 0.3 is 0 Å². The number of rotatable bonds is 13. The van der Waals surface area contributed by atoms with E-state index in [9.17, 15) is 4.79 Å². The molecule has 0 aliphatic rings. The molecular formula is C16H34N2O2. The van der Waals surface area contributed by atoms with E-state index in [1.807, 2.05) is 11.8 Å². The minimum absolute atomic E-state index is 0.183. The van der Waals surface area contributed by atoms with Crippen LogP contribution in [0.15, 0.2) is 0 Å². The van der Waals surface area contributed by atoms with E-state index >= 15 is 0 Å². The molecule has 0 aliphatic heterocycles. The van der Waals surface area contributed by atoms with Crippen LogP contribution in [0.1, 0.15) is 65.7 Å². The third kappa shape index (κ3) is 10.2. The van der Waals surface area contributed by atoms with Crippen molar-refractivity contribution in [1.82, 2.24) is 10.2 Å². The van der Waals surface area contributed by atoms with Crippen LogP contribution < -0.4 is 5.32 Å². The first-order chi connectivity index (χ1) is 9.65. The van der Waals surface area contributed by atoms with E-state index in [0.717, 1.165) is 45.3 Å². The van der Waals surface area contributed by atoms with Gasteiger partial charge in [0.15, 0.2) is 0 Å². The molecule has 0 aromatic heterocycles. The molecule has 20 heavy (non-hydrogen) atoms. The Morgan fingerprint density at radius 2 is 1.95 bits per heavy atom. The number of carbonyl (C=O) groups is 1. The van der Waals surface area contributed by atoms with Crippen LogP contribution in [-0.2, 0) is 4.79 Å². The molecule has 0 rings (SSSR count). The Morgan fingerprint density at radius 3 is 2.55 bits per heavy atom. The maximum absolute atomic E-state index is 12.0. The van der Waals surface area contributed by atoms with Crippen LogP contribution in [0.5, 0.6) is 0 Å². The zero-order valence-electron chi connectivity index (χ0n) is 13.7. The monoisotopic (exact) mass is 286 g/mol. The zero-order valence-corrected chi connectivity index (χ0v) is 13.7. The van der Waals surface area contributed by atoms with E-state index in [-0.39, 0.29) is 12.5 Å². The highest BCUT2D eigenvalue weighted by molar-refractivity contribution is 5.76. The van der Waals surface area contributed by atoms with E-state index in [0.29, 0.717) is 12.5 Å². The summed E-state index contributed by atoms with van der Waals surface area (Å²) in [6.45, 7) is 9.38. The van der Waals surface area contributed by atoms with Gasteiger partial charge in [-0.05, 0) is 52.5 Å². The van der Waals surface area contributed by atoms with Gasteiger partial charge in [-0.2, -0.15) is 0 Å². The summed E-state index contributed by atoms with van der Waals surface area (Å²) in [5, 5.41) is 12.2. The highest BCUT2D eigenvalue weighted by Gasteiger charge is 2.10. The van der Waals surface area contributed by atoms with E-state index < -0.39 is 0 Å². The lowest BCUT2D eigenvalue weighted by atomic mass is 10.1. The second kappa shape index (κ2) is 13.4. The van der Waals surface area contributed by atoms with Crippen molar-refractivity contribution in [2.24, 2.45) is 0 Å². The van der Waals surface area contributed by atoms with Gasteiger partial charge in [0, 0.05) is 32.2 Å². The lowest BCUT2D eigenvalue weighted by Crippen LogP contribution is -2.32. The van der Waals surface area contributed by atoms with Crippen molar-refractivity contribution in [3.8, 4) is 0 Å². The molecule has 120 valence electrons. The highest BCUT2D eigenvalue weighted by Crippen LogP contribution is 2.06. The van der Waals surface area contributed by atoms with Crippen molar-refractivity contribution < 1.29 is 9.90 Å². The molecule has 2 N–H and O–H groups in total. The topological polar surface area (TPSA) is 52.6 Å². The first kappa shape index (κ1) is 19.4. The number of hydrogen-bond acceptors (Lipinski definition) is 3. The minimum Gasteiger partial charge on any atom is -0.396 e. The molecule has 4 nitrogen and oxygen atoms in total. The lowest BCUT2D eigenvalue weighted by molar-refractivity contribution is -0.131. The summed E-state index contributed by atoms with van der Waals surface area (Å²) >= 11 is 0. The minimum atomic E-state index is 0.183. The lowest BCUT2D eigenvalue weighted by Gasteiger charge is -2.21. The molecule has 0 saturated heterocycles. The summed E-state index contributed by atoms with van der Waals surface area (Å²) in [5.41, 5.74) is 0. The van der Waals surface area contributed by atoms with Gasteiger partial charge in [-0.3, -0.25) is 4.79 Å². The van der Waals surface area contributed by atoms with Crippen LogP contribution in [0.25, 0.3) is 0 Å². The van der Waals surface area contributed by atoms with Gasteiger partial charge < -0.3 is 15.3 Å². The van der Waals surface area contributed by atoms with E-state index in [1.54, 1.807) is 0 Å². The first-order valence-electron chi connectivity index (χ1n) is 8.27. The normalized spacial score (nSPS) is 12.4. The number of aliphatic hydroxyl groups is 1. The number of aliphatic hydroxyl groups excluding tert-OH is 1. The SMILES string of the molecule is CCCNC(C)CCCCN(CC)C(=O)CCCCO. The fourth-order valence-electron chi connectivity index (χ4n) is 2.25. The van der Waals surface area contributed by atoms with Crippen molar-refractivity contribution in [2.75, 3.05) is 26.2 Å². The van der Waals surface area contributed by atoms with Crippen molar-refractivity contribution in [3.63, 3.8) is 0 Å². The second-order valence-electron chi connectivity index (χ2n) is 5.51. The molecular weight excluding hydrogens is 252 g/mol. The van der Waals surface area contributed by atoms with Crippen molar-refractivity contribution in [1.29, 1.82) is 0 Å². The maximum atomic E-state index is 12.0. The Hall–Kier alpha value is -0.610. The number of carbonyl (C=O) groups excluding carboxylic acids is 1. The molecule has 0 aromatic rings. The molecule has 1 unspecified atom stereocenters. The Morgan fingerprint density at radius 1 is 1.20 bits per heavy atom. The standard InChI is InChI=1S/C16H34N2O2/c1-4-12-17-15(3)10-6-8-13-18(5-2)16(20)11-7-9-14-19/h15,17,19H,4-14H2,1-3H3. The zero-order chi connectivity index (χ0) is 15.2. The Kier molecular flexibility index (Phi) is 13.0. The van der Waals surface area contributed by atoms with Crippen molar-refractivity contribution in [2.45, 2.75) is 71.8 Å². The number of amides is 1. The van der Waals surface area contributed by atoms with Crippen molar-refractivity contribution in [3.05, 3.63) is 0 Å². The summed E-state index contributed by atoms with van der Waals surface area (Å²) in [5.74, 6) is 0.234. The van der Waals surface area contributed by atoms with E-state index in [4.69, 9.17) is 5.11 Å². The number of unbranched alkanes of at least 4 members (excludes halogenated alkanes) is 2. The Balaban J connectivity index is 3.70. The fourth-order valence-corrected chi connectivity index (χ4v) is 2.25. The van der Waals surface area contributed by atoms with Gasteiger partial charge in [-0.25, -0.2) is 0 Å². The summed E-state index contributed by atoms with van der Waals surface area (Å²) in [7, 11) is 0. The summed E-state index contributed by atoms with van der Waals surface area (Å²) in [4.78, 5) is 13.9. The molecule has 0 aliphatic carbocycles. The first-order valence-corrected chi connectivity index (χ1v) is 8.27.